The van der Waals surface area contributed by atoms with Crippen molar-refractivity contribution in [1.29, 1.82) is 0 Å². The molecule has 0 radical (unpaired) electrons. The molecule has 0 unspecified atom stereocenters. The molecule has 6 nitrogen and oxygen atoms in total. The maximum absolute atomic E-state index is 13.2. The summed E-state index contributed by atoms with van der Waals surface area (Å²) in [7, 11) is 0. The van der Waals surface area contributed by atoms with Crippen LogP contribution in [0.1, 0.15) is 73.9 Å². The number of carbonyl (C=O) groups is 2. The fourth-order valence-corrected chi connectivity index (χ4v) is 4.32. The van der Waals surface area contributed by atoms with Gasteiger partial charge in [-0.2, -0.15) is 0 Å². The summed E-state index contributed by atoms with van der Waals surface area (Å²) in [5.41, 5.74) is 4.83. The van der Waals surface area contributed by atoms with E-state index in [0.717, 1.165) is 57.3 Å². The first-order valence-electron chi connectivity index (χ1n) is 12.7. The Morgan fingerprint density at radius 3 is 2.62 bits per heavy atom. The maximum Gasteiger partial charge on any atom is 0.253 e. The summed E-state index contributed by atoms with van der Waals surface area (Å²) in [5.74, 6) is -0.122. The van der Waals surface area contributed by atoms with E-state index >= 15 is 0 Å². The number of amides is 2. The highest BCUT2D eigenvalue weighted by atomic mass is 16.5. The third kappa shape index (κ3) is 7.59. The summed E-state index contributed by atoms with van der Waals surface area (Å²) < 4.78 is 5.38. The fraction of sp³-hybridized carbons (Fsp3) is 0.500. The number of hydrogen-bond donors (Lipinski definition) is 2. The summed E-state index contributed by atoms with van der Waals surface area (Å²) in [6.07, 6.45) is 6.46. The molecule has 34 heavy (non-hydrogen) atoms. The lowest BCUT2D eigenvalue weighted by Gasteiger charge is -2.32. The average Bonchev–Trinajstić information content (AvgIpc) is 2.86. The van der Waals surface area contributed by atoms with Gasteiger partial charge in [-0.15, -0.1) is 0 Å². The monoisotopic (exact) mass is 465 g/mol. The molecule has 0 fully saturated rings. The quantitative estimate of drug-likeness (QED) is 0.393. The number of fused-ring (bicyclic) bond motifs is 1. The smallest absolute Gasteiger partial charge is 0.253 e. The van der Waals surface area contributed by atoms with Gasteiger partial charge in [0.1, 0.15) is 0 Å². The van der Waals surface area contributed by atoms with Crippen molar-refractivity contribution in [2.24, 2.45) is 0 Å². The lowest BCUT2D eigenvalue weighted by atomic mass is 9.98. The van der Waals surface area contributed by atoms with Gasteiger partial charge in [0.05, 0.1) is 5.56 Å². The zero-order chi connectivity index (χ0) is 24.2. The second kappa shape index (κ2) is 13.8. The van der Waals surface area contributed by atoms with Crippen LogP contribution < -0.4 is 15.5 Å². The minimum atomic E-state index is -0.121. The van der Waals surface area contributed by atoms with E-state index in [1.807, 2.05) is 25.1 Å². The van der Waals surface area contributed by atoms with E-state index in [9.17, 15) is 9.59 Å². The summed E-state index contributed by atoms with van der Waals surface area (Å²) >= 11 is 0. The fourth-order valence-electron chi connectivity index (χ4n) is 4.32. The molecule has 2 N–H and O–H groups in total. The van der Waals surface area contributed by atoms with E-state index in [2.05, 4.69) is 46.7 Å². The maximum atomic E-state index is 13.2. The Kier molecular flexibility index (Phi) is 10.4. The molecule has 0 aliphatic carbocycles. The van der Waals surface area contributed by atoms with E-state index in [1.54, 1.807) is 0 Å². The van der Waals surface area contributed by atoms with Crippen LogP contribution in [0.2, 0.25) is 0 Å². The summed E-state index contributed by atoms with van der Waals surface area (Å²) in [6, 6.07) is 14.2. The lowest BCUT2D eigenvalue weighted by molar-refractivity contribution is -0.116. The molecule has 0 saturated heterocycles. The van der Waals surface area contributed by atoms with Crippen LogP contribution >= 0.6 is 0 Å². The van der Waals surface area contributed by atoms with Crippen molar-refractivity contribution in [1.82, 2.24) is 5.32 Å². The first-order valence-corrected chi connectivity index (χ1v) is 12.7. The molecule has 0 aromatic heterocycles. The average molecular weight is 466 g/mol. The van der Waals surface area contributed by atoms with E-state index in [0.29, 0.717) is 37.4 Å². The number of unbranched alkanes of at least 4 members (excludes halogenated alkanes) is 3. The topological polar surface area (TPSA) is 70.7 Å². The number of benzene rings is 2. The van der Waals surface area contributed by atoms with Crippen LogP contribution in [0.15, 0.2) is 42.5 Å². The Hall–Kier alpha value is -2.86. The zero-order valence-electron chi connectivity index (χ0n) is 20.7. The van der Waals surface area contributed by atoms with E-state index in [4.69, 9.17) is 4.74 Å². The molecule has 0 spiro atoms. The van der Waals surface area contributed by atoms with Gasteiger partial charge in [-0.05, 0) is 55.5 Å². The molecular weight excluding hydrogens is 426 g/mol. The van der Waals surface area contributed by atoms with Crippen LogP contribution in [0.5, 0.6) is 0 Å². The van der Waals surface area contributed by atoms with Gasteiger partial charge in [-0.3, -0.25) is 9.59 Å². The Bertz CT molecular complexity index is 944. The molecule has 1 heterocycles. The molecule has 184 valence electrons. The van der Waals surface area contributed by atoms with Gasteiger partial charge in [0.25, 0.3) is 5.91 Å². The highest BCUT2D eigenvalue weighted by molar-refractivity contribution is 6.02. The van der Waals surface area contributed by atoms with E-state index in [1.165, 1.54) is 11.1 Å². The third-order valence-electron chi connectivity index (χ3n) is 6.21. The van der Waals surface area contributed by atoms with Crippen LogP contribution in [0.4, 0.5) is 11.4 Å². The molecule has 0 bridgehead atoms. The second-order valence-electron chi connectivity index (χ2n) is 8.84. The SMILES string of the molecule is CCCCCCC(=O)Nc1ccc(N2CCc3ccccc3C2)c(C(=O)NCCCOCC)c1. The predicted molar refractivity (Wildman–Crippen MR) is 138 cm³/mol. The highest BCUT2D eigenvalue weighted by Gasteiger charge is 2.22. The predicted octanol–water partition coefficient (Wildman–Crippen LogP) is 5.31. The van der Waals surface area contributed by atoms with E-state index in [-0.39, 0.29) is 11.8 Å². The number of nitrogens with zero attached hydrogens (tertiary/aromatic N) is 1. The molecule has 1 aliphatic rings. The molecule has 0 atom stereocenters. The minimum Gasteiger partial charge on any atom is -0.382 e. The summed E-state index contributed by atoms with van der Waals surface area (Å²) in [6.45, 7) is 7.59. The first-order chi connectivity index (χ1) is 16.6. The molecular formula is C28H39N3O3. The number of nitrogens with one attached hydrogen (secondary N) is 2. The van der Waals surface area contributed by atoms with Gasteiger partial charge in [-0.1, -0.05) is 50.5 Å². The van der Waals surface area contributed by atoms with Crippen LogP contribution in [0.25, 0.3) is 0 Å². The van der Waals surface area contributed by atoms with Gasteiger partial charge in [0.2, 0.25) is 5.91 Å². The molecule has 0 saturated carbocycles. The van der Waals surface area contributed by atoms with Crippen molar-refractivity contribution >= 4 is 23.2 Å². The molecule has 2 amide bonds. The van der Waals surface area contributed by atoms with Gasteiger partial charge < -0.3 is 20.3 Å². The van der Waals surface area contributed by atoms with Crippen LogP contribution in [-0.4, -0.2) is 38.1 Å². The standard InChI is InChI=1S/C28H39N3O3/c1-3-5-6-7-13-27(32)30-24-14-15-26(25(20-24)28(33)29-17-10-19-34-4-2)31-18-16-22-11-8-9-12-23(22)21-31/h8-9,11-12,14-15,20H,3-7,10,13,16-19,21H2,1-2H3,(H,29,33)(H,30,32). The number of rotatable bonds is 13. The van der Waals surface area contributed by atoms with Crippen molar-refractivity contribution in [3.63, 3.8) is 0 Å². The summed E-state index contributed by atoms with van der Waals surface area (Å²) in [4.78, 5) is 27.9. The van der Waals surface area contributed by atoms with Gasteiger partial charge in [0, 0.05) is 50.6 Å². The van der Waals surface area contributed by atoms with E-state index < -0.39 is 0 Å². The Labute approximate surface area is 204 Å². The number of anilines is 2. The zero-order valence-corrected chi connectivity index (χ0v) is 20.7. The molecule has 6 heteroatoms. The lowest BCUT2D eigenvalue weighted by Crippen LogP contribution is -2.33. The normalized spacial score (nSPS) is 12.8. The highest BCUT2D eigenvalue weighted by Crippen LogP contribution is 2.29. The number of ether oxygens (including phenoxy) is 1. The summed E-state index contributed by atoms with van der Waals surface area (Å²) in [5, 5.41) is 6.01. The van der Waals surface area contributed by atoms with Crippen molar-refractivity contribution in [3.05, 3.63) is 59.2 Å². The van der Waals surface area contributed by atoms with Crippen molar-refractivity contribution < 1.29 is 14.3 Å². The number of hydrogen-bond acceptors (Lipinski definition) is 4. The van der Waals surface area contributed by atoms with Crippen molar-refractivity contribution in [2.45, 2.75) is 65.3 Å². The van der Waals surface area contributed by atoms with Crippen molar-refractivity contribution in [2.75, 3.05) is 36.5 Å². The Balaban J connectivity index is 1.73. The van der Waals surface area contributed by atoms with Crippen LogP contribution in [0.3, 0.4) is 0 Å². The van der Waals surface area contributed by atoms with Crippen LogP contribution in [-0.2, 0) is 22.5 Å². The molecule has 2 aromatic carbocycles. The van der Waals surface area contributed by atoms with Gasteiger partial charge in [-0.25, -0.2) is 0 Å². The molecule has 3 rings (SSSR count). The third-order valence-corrected chi connectivity index (χ3v) is 6.21. The largest absolute Gasteiger partial charge is 0.382 e. The Morgan fingerprint density at radius 1 is 1.00 bits per heavy atom. The molecule has 1 aliphatic heterocycles. The Morgan fingerprint density at radius 2 is 1.82 bits per heavy atom. The first kappa shape index (κ1) is 25.8. The van der Waals surface area contributed by atoms with Gasteiger partial charge >= 0.3 is 0 Å². The number of carbonyl (C=O) groups excluding carboxylic acids is 2. The minimum absolute atomic E-state index is 0.00109. The second-order valence-corrected chi connectivity index (χ2v) is 8.84. The van der Waals surface area contributed by atoms with Crippen molar-refractivity contribution in [3.8, 4) is 0 Å². The van der Waals surface area contributed by atoms with Gasteiger partial charge in [0.15, 0.2) is 0 Å². The molecule has 2 aromatic rings. The van der Waals surface area contributed by atoms with Crippen LogP contribution in [0, 0.1) is 0 Å².